The van der Waals surface area contributed by atoms with Gasteiger partial charge in [-0.1, -0.05) is 20.8 Å². The zero-order valence-corrected chi connectivity index (χ0v) is 13.7. The lowest BCUT2D eigenvalue weighted by Crippen LogP contribution is -2.22. The van der Waals surface area contributed by atoms with Gasteiger partial charge in [0.2, 0.25) is 0 Å². The van der Waals surface area contributed by atoms with Crippen LogP contribution in [0.5, 0.6) is 5.75 Å². The van der Waals surface area contributed by atoms with Gasteiger partial charge in [-0.15, -0.1) is 11.3 Å². The molecular weight excluding hydrogens is 282 g/mol. The van der Waals surface area contributed by atoms with Gasteiger partial charge in [0.25, 0.3) is 0 Å². The van der Waals surface area contributed by atoms with Crippen LogP contribution in [0, 0.1) is 0 Å². The Hall–Kier alpha value is -1.46. The Morgan fingerprint density at radius 3 is 2.81 bits per heavy atom. The Morgan fingerprint density at radius 2 is 2.14 bits per heavy atom. The molecule has 1 N–H and O–H groups in total. The number of nitrogens with zero attached hydrogens (tertiary/aromatic N) is 2. The number of nitrogens with one attached hydrogen (secondary N) is 1. The number of hydrogen-bond donors (Lipinski definition) is 1. The number of aromatic nitrogens is 2. The van der Waals surface area contributed by atoms with Gasteiger partial charge in [0.1, 0.15) is 12.4 Å². The molecule has 0 amide bonds. The first-order valence-electron chi connectivity index (χ1n) is 7.41. The van der Waals surface area contributed by atoms with E-state index in [0.29, 0.717) is 12.6 Å². The molecule has 2 rings (SSSR count). The standard InChI is InChI=1S/C16H23N3OS/c1-4-5-16-19-14(11-21-16)10-20-15-7-6-13(18-9-15)8-17-12(2)3/h6-7,9,11-12,17H,4-5,8,10H2,1-3H3. The average molecular weight is 305 g/mol. The second-order valence-electron chi connectivity index (χ2n) is 5.29. The van der Waals surface area contributed by atoms with Gasteiger partial charge in [-0.2, -0.15) is 0 Å². The Balaban J connectivity index is 1.82. The van der Waals surface area contributed by atoms with Crippen LogP contribution in [0.15, 0.2) is 23.7 Å². The molecule has 21 heavy (non-hydrogen) atoms. The third-order valence-electron chi connectivity index (χ3n) is 2.94. The van der Waals surface area contributed by atoms with Crippen LogP contribution in [0.1, 0.15) is 43.6 Å². The van der Waals surface area contributed by atoms with Crippen molar-refractivity contribution >= 4 is 11.3 Å². The lowest BCUT2D eigenvalue weighted by Gasteiger charge is -2.08. The highest BCUT2D eigenvalue weighted by molar-refractivity contribution is 7.09. The van der Waals surface area contributed by atoms with Crippen molar-refractivity contribution in [3.05, 3.63) is 40.1 Å². The maximum absolute atomic E-state index is 5.73. The summed E-state index contributed by atoms with van der Waals surface area (Å²) in [6.45, 7) is 7.70. The molecule has 0 aliphatic rings. The van der Waals surface area contributed by atoms with E-state index in [1.807, 2.05) is 12.1 Å². The topological polar surface area (TPSA) is 47.0 Å². The molecule has 0 aromatic carbocycles. The van der Waals surface area contributed by atoms with Crippen LogP contribution < -0.4 is 10.1 Å². The molecule has 5 heteroatoms. The van der Waals surface area contributed by atoms with E-state index < -0.39 is 0 Å². The monoisotopic (exact) mass is 305 g/mol. The minimum absolute atomic E-state index is 0.463. The number of thiazole rings is 1. The van der Waals surface area contributed by atoms with Gasteiger partial charge < -0.3 is 10.1 Å². The smallest absolute Gasteiger partial charge is 0.138 e. The molecule has 2 aromatic heterocycles. The van der Waals surface area contributed by atoms with E-state index in [-0.39, 0.29) is 0 Å². The van der Waals surface area contributed by atoms with E-state index in [1.165, 1.54) is 5.01 Å². The maximum atomic E-state index is 5.73. The Morgan fingerprint density at radius 1 is 1.29 bits per heavy atom. The Kier molecular flexibility index (Phi) is 6.14. The molecule has 0 atom stereocenters. The fourth-order valence-electron chi connectivity index (χ4n) is 1.81. The zero-order valence-electron chi connectivity index (χ0n) is 12.9. The molecule has 0 fully saturated rings. The van der Waals surface area contributed by atoms with Crippen LogP contribution in [0.3, 0.4) is 0 Å². The molecule has 2 aromatic rings. The largest absolute Gasteiger partial charge is 0.486 e. The molecule has 114 valence electrons. The van der Waals surface area contributed by atoms with Crippen molar-refractivity contribution in [2.24, 2.45) is 0 Å². The van der Waals surface area contributed by atoms with Crippen LogP contribution in [0.2, 0.25) is 0 Å². The van der Waals surface area contributed by atoms with Crippen LogP contribution in [0.25, 0.3) is 0 Å². The first kappa shape index (κ1) is 15.9. The summed E-state index contributed by atoms with van der Waals surface area (Å²) in [6.07, 6.45) is 3.95. The normalized spacial score (nSPS) is 11.0. The fraction of sp³-hybridized carbons (Fsp3) is 0.500. The van der Waals surface area contributed by atoms with Crippen molar-refractivity contribution in [2.45, 2.75) is 52.8 Å². The van der Waals surface area contributed by atoms with E-state index in [1.54, 1.807) is 17.5 Å². The van der Waals surface area contributed by atoms with E-state index >= 15 is 0 Å². The summed E-state index contributed by atoms with van der Waals surface area (Å²) in [4.78, 5) is 8.94. The van der Waals surface area contributed by atoms with Crippen molar-refractivity contribution < 1.29 is 4.74 Å². The van der Waals surface area contributed by atoms with Crippen molar-refractivity contribution in [1.82, 2.24) is 15.3 Å². The van der Waals surface area contributed by atoms with Crippen LogP contribution >= 0.6 is 11.3 Å². The first-order valence-corrected chi connectivity index (χ1v) is 8.29. The summed E-state index contributed by atoms with van der Waals surface area (Å²) in [5, 5.41) is 6.60. The summed E-state index contributed by atoms with van der Waals surface area (Å²) in [7, 11) is 0. The molecule has 0 bridgehead atoms. The van der Waals surface area contributed by atoms with Gasteiger partial charge in [-0.25, -0.2) is 4.98 Å². The van der Waals surface area contributed by atoms with Gasteiger partial charge in [-0.3, -0.25) is 4.98 Å². The minimum atomic E-state index is 0.463. The molecule has 0 saturated heterocycles. The van der Waals surface area contributed by atoms with Crippen molar-refractivity contribution in [3.8, 4) is 5.75 Å². The van der Waals surface area contributed by atoms with E-state index in [0.717, 1.165) is 36.5 Å². The zero-order chi connectivity index (χ0) is 15.1. The summed E-state index contributed by atoms with van der Waals surface area (Å²) in [5.74, 6) is 0.785. The predicted octanol–water partition coefficient (Wildman–Crippen LogP) is 3.57. The van der Waals surface area contributed by atoms with E-state index in [2.05, 4.69) is 41.4 Å². The molecule has 0 unspecified atom stereocenters. The summed E-state index contributed by atoms with van der Waals surface area (Å²) in [5.41, 5.74) is 2.02. The second kappa shape index (κ2) is 8.10. The van der Waals surface area contributed by atoms with Gasteiger partial charge in [0.05, 0.1) is 22.6 Å². The van der Waals surface area contributed by atoms with E-state index in [9.17, 15) is 0 Å². The quantitative estimate of drug-likeness (QED) is 0.810. The summed E-state index contributed by atoms with van der Waals surface area (Å²) < 4.78 is 5.73. The predicted molar refractivity (Wildman–Crippen MR) is 86.7 cm³/mol. The highest BCUT2D eigenvalue weighted by Gasteiger charge is 2.03. The van der Waals surface area contributed by atoms with Gasteiger partial charge in [0.15, 0.2) is 0 Å². The van der Waals surface area contributed by atoms with Gasteiger partial charge in [0, 0.05) is 18.0 Å². The maximum Gasteiger partial charge on any atom is 0.138 e. The van der Waals surface area contributed by atoms with Gasteiger partial charge >= 0.3 is 0 Å². The number of hydrogen-bond acceptors (Lipinski definition) is 5. The fourth-order valence-corrected chi connectivity index (χ4v) is 2.70. The summed E-state index contributed by atoms with van der Waals surface area (Å²) in [6, 6.07) is 4.42. The highest BCUT2D eigenvalue weighted by atomic mass is 32.1. The van der Waals surface area contributed by atoms with Crippen LogP contribution in [-0.4, -0.2) is 16.0 Å². The third-order valence-corrected chi connectivity index (χ3v) is 3.90. The Labute approximate surface area is 130 Å². The second-order valence-corrected chi connectivity index (χ2v) is 6.23. The Bertz CT molecular complexity index is 537. The molecule has 0 aliphatic heterocycles. The number of aryl methyl sites for hydroxylation is 1. The molecule has 4 nitrogen and oxygen atoms in total. The van der Waals surface area contributed by atoms with Crippen molar-refractivity contribution in [3.63, 3.8) is 0 Å². The van der Waals surface area contributed by atoms with Crippen molar-refractivity contribution in [2.75, 3.05) is 0 Å². The van der Waals surface area contributed by atoms with E-state index in [4.69, 9.17) is 4.74 Å². The number of pyridine rings is 1. The molecular formula is C16H23N3OS. The minimum Gasteiger partial charge on any atom is -0.486 e. The molecule has 0 radical (unpaired) electrons. The summed E-state index contributed by atoms with van der Waals surface area (Å²) >= 11 is 1.71. The van der Waals surface area contributed by atoms with Crippen molar-refractivity contribution in [1.29, 1.82) is 0 Å². The first-order chi connectivity index (χ1) is 10.2. The molecule has 0 aliphatic carbocycles. The molecule has 0 spiro atoms. The highest BCUT2D eigenvalue weighted by Crippen LogP contribution is 2.15. The van der Waals surface area contributed by atoms with Crippen LogP contribution in [-0.2, 0) is 19.6 Å². The third kappa shape index (κ3) is 5.44. The van der Waals surface area contributed by atoms with Crippen LogP contribution in [0.4, 0.5) is 0 Å². The number of rotatable bonds is 8. The molecule has 0 saturated carbocycles. The molecule has 2 heterocycles. The average Bonchev–Trinajstić information content (AvgIpc) is 2.92. The lowest BCUT2D eigenvalue weighted by molar-refractivity contribution is 0.300. The lowest BCUT2D eigenvalue weighted by atomic mass is 10.3. The van der Waals surface area contributed by atoms with Gasteiger partial charge in [-0.05, 0) is 25.0 Å². The number of ether oxygens (including phenoxy) is 1. The SMILES string of the molecule is CCCc1nc(COc2ccc(CNC(C)C)nc2)cs1.